The van der Waals surface area contributed by atoms with E-state index in [-0.39, 0.29) is 0 Å². The van der Waals surface area contributed by atoms with Crippen LogP contribution in [0.2, 0.25) is 0 Å². The van der Waals surface area contributed by atoms with Crippen molar-refractivity contribution in [2.45, 2.75) is 31.8 Å². The third kappa shape index (κ3) is 5.34. The minimum absolute atomic E-state index is 0.597. The monoisotopic (exact) mass is 243 g/mol. The first kappa shape index (κ1) is 14.9. The van der Waals surface area contributed by atoms with Crippen LogP contribution in [0, 0.1) is 0 Å². The van der Waals surface area contributed by atoms with Gasteiger partial charge in [0.1, 0.15) is 0 Å². The topological polar surface area (TPSA) is 27.7 Å². The molecule has 0 spiro atoms. The van der Waals surface area contributed by atoms with E-state index in [1.54, 1.807) is 7.11 Å². The molecule has 1 aliphatic heterocycles. The smallest absolute Gasteiger partial charge is 0.0587 e. The Morgan fingerprint density at radius 1 is 1.41 bits per heavy atom. The molecule has 1 heterocycles. The van der Waals surface area contributed by atoms with Gasteiger partial charge in [-0.15, -0.1) is 0 Å². The van der Waals surface area contributed by atoms with E-state index in [9.17, 15) is 0 Å². The van der Waals surface area contributed by atoms with Crippen molar-refractivity contribution in [2.75, 3.05) is 54.0 Å². The molecule has 1 N–H and O–H groups in total. The van der Waals surface area contributed by atoms with Crippen molar-refractivity contribution in [3.63, 3.8) is 0 Å². The van der Waals surface area contributed by atoms with Gasteiger partial charge in [0, 0.05) is 32.3 Å². The summed E-state index contributed by atoms with van der Waals surface area (Å²) in [5.74, 6) is 0. The Bertz CT molecular complexity index is 193. The Kier molecular flexibility index (Phi) is 7.04. The number of methoxy groups -OCH3 is 1. The maximum atomic E-state index is 5.03. The van der Waals surface area contributed by atoms with Gasteiger partial charge in [0.15, 0.2) is 0 Å². The Balaban J connectivity index is 2.19. The molecule has 17 heavy (non-hydrogen) atoms. The largest absolute Gasteiger partial charge is 0.383 e. The van der Waals surface area contributed by atoms with Crippen molar-refractivity contribution in [3.05, 3.63) is 0 Å². The fourth-order valence-electron chi connectivity index (χ4n) is 2.39. The molecule has 0 bridgehead atoms. The van der Waals surface area contributed by atoms with E-state index in [0.717, 1.165) is 25.7 Å². The SMILES string of the molecule is COCCNCC(C)N(C)C1CCN(C)CC1. The molecule has 0 saturated carbocycles. The van der Waals surface area contributed by atoms with Gasteiger partial charge in [0.05, 0.1) is 6.61 Å². The molecule has 1 fully saturated rings. The molecular weight excluding hydrogens is 214 g/mol. The van der Waals surface area contributed by atoms with E-state index in [1.807, 2.05) is 0 Å². The van der Waals surface area contributed by atoms with E-state index < -0.39 is 0 Å². The number of ether oxygens (including phenoxy) is 1. The van der Waals surface area contributed by atoms with Gasteiger partial charge >= 0.3 is 0 Å². The van der Waals surface area contributed by atoms with Crippen molar-refractivity contribution >= 4 is 0 Å². The lowest BCUT2D eigenvalue weighted by atomic mass is 10.0. The highest BCUT2D eigenvalue weighted by Crippen LogP contribution is 2.15. The van der Waals surface area contributed by atoms with Gasteiger partial charge in [-0.3, -0.25) is 4.90 Å². The molecule has 1 rings (SSSR count). The number of hydrogen-bond acceptors (Lipinski definition) is 4. The van der Waals surface area contributed by atoms with Crippen molar-refractivity contribution < 1.29 is 4.74 Å². The molecule has 1 atom stereocenters. The maximum absolute atomic E-state index is 5.03. The van der Waals surface area contributed by atoms with E-state index in [0.29, 0.717) is 6.04 Å². The van der Waals surface area contributed by atoms with Gasteiger partial charge in [-0.25, -0.2) is 0 Å². The molecule has 4 heteroatoms. The predicted molar refractivity (Wildman–Crippen MR) is 72.5 cm³/mol. The summed E-state index contributed by atoms with van der Waals surface area (Å²) in [6.07, 6.45) is 2.60. The second-order valence-electron chi connectivity index (χ2n) is 5.25. The predicted octanol–water partition coefficient (Wildman–Crippen LogP) is 0.637. The molecule has 0 aliphatic carbocycles. The molecule has 0 aromatic carbocycles. The van der Waals surface area contributed by atoms with Crippen molar-refractivity contribution in [2.24, 2.45) is 0 Å². The van der Waals surface area contributed by atoms with Gasteiger partial charge in [-0.2, -0.15) is 0 Å². The highest BCUT2D eigenvalue weighted by Gasteiger charge is 2.23. The zero-order valence-electron chi connectivity index (χ0n) is 11.9. The number of piperidine rings is 1. The lowest BCUT2D eigenvalue weighted by Crippen LogP contribution is -2.48. The third-order valence-electron chi connectivity index (χ3n) is 3.88. The van der Waals surface area contributed by atoms with Crippen LogP contribution in [0.25, 0.3) is 0 Å². The molecule has 0 aromatic rings. The summed E-state index contributed by atoms with van der Waals surface area (Å²) in [6, 6.07) is 1.35. The minimum Gasteiger partial charge on any atom is -0.383 e. The summed E-state index contributed by atoms with van der Waals surface area (Å²) < 4.78 is 5.03. The molecule has 0 aromatic heterocycles. The fourth-order valence-corrected chi connectivity index (χ4v) is 2.39. The number of nitrogens with zero attached hydrogens (tertiary/aromatic N) is 2. The lowest BCUT2D eigenvalue weighted by molar-refractivity contribution is 0.111. The fraction of sp³-hybridized carbons (Fsp3) is 1.00. The number of nitrogens with one attached hydrogen (secondary N) is 1. The summed E-state index contributed by atoms with van der Waals surface area (Å²) in [5, 5.41) is 3.44. The molecule has 0 radical (unpaired) electrons. The van der Waals surface area contributed by atoms with Crippen LogP contribution < -0.4 is 5.32 Å². The van der Waals surface area contributed by atoms with E-state index >= 15 is 0 Å². The highest BCUT2D eigenvalue weighted by atomic mass is 16.5. The van der Waals surface area contributed by atoms with Crippen molar-refractivity contribution in [1.29, 1.82) is 0 Å². The van der Waals surface area contributed by atoms with Crippen LogP contribution in [-0.2, 0) is 4.74 Å². The van der Waals surface area contributed by atoms with Crippen LogP contribution in [0.1, 0.15) is 19.8 Å². The maximum Gasteiger partial charge on any atom is 0.0587 e. The van der Waals surface area contributed by atoms with Crippen LogP contribution in [0.4, 0.5) is 0 Å². The Morgan fingerprint density at radius 3 is 2.65 bits per heavy atom. The third-order valence-corrected chi connectivity index (χ3v) is 3.88. The van der Waals surface area contributed by atoms with E-state index in [2.05, 4.69) is 36.1 Å². The summed E-state index contributed by atoms with van der Waals surface area (Å²) >= 11 is 0. The first-order chi connectivity index (χ1) is 8.15. The lowest BCUT2D eigenvalue weighted by Gasteiger charge is -2.38. The van der Waals surface area contributed by atoms with E-state index in [4.69, 9.17) is 4.74 Å². The van der Waals surface area contributed by atoms with Crippen molar-refractivity contribution in [3.8, 4) is 0 Å². The number of likely N-dealkylation sites (N-methyl/N-ethyl adjacent to an activating group) is 1. The Hall–Kier alpha value is -0.160. The van der Waals surface area contributed by atoms with Gasteiger partial charge in [0.25, 0.3) is 0 Å². The highest BCUT2D eigenvalue weighted by molar-refractivity contribution is 4.80. The van der Waals surface area contributed by atoms with Gasteiger partial charge < -0.3 is 15.0 Å². The summed E-state index contributed by atoms with van der Waals surface area (Å²) in [6.45, 7) is 7.56. The zero-order chi connectivity index (χ0) is 12.7. The summed E-state index contributed by atoms with van der Waals surface area (Å²) in [4.78, 5) is 4.96. The molecule has 102 valence electrons. The summed E-state index contributed by atoms with van der Waals surface area (Å²) in [7, 11) is 6.22. The van der Waals surface area contributed by atoms with Crippen LogP contribution in [-0.4, -0.2) is 75.9 Å². The second kappa shape index (κ2) is 8.03. The summed E-state index contributed by atoms with van der Waals surface area (Å²) in [5.41, 5.74) is 0. The first-order valence-electron chi connectivity index (χ1n) is 6.75. The number of rotatable bonds is 7. The Labute approximate surface area is 106 Å². The minimum atomic E-state index is 0.597. The Morgan fingerprint density at radius 2 is 2.06 bits per heavy atom. The quantitative estimate of drug-likeness (QED) is 0.664. The molecule has 1 aliphatic rings. The normalized spacial score (nSPS) is 21.0. The average molecular weight is 243 g/mol. The molecular formula is C13H29N3O. The standard InChI is InChI=1S/C13H29N3O/c1-12(11-14-7-10-17-4)16(3)13-5-8-15(2)9-6-13/h12-14H,5-11H2,1-4H3. The molecule has 0 amide bonds. The van der Waals surface area contributed by atoms with Gasteiger partial charge in [-0.05, 0) is 47.0 Å². The number of hydrogen-bond donors (Lipinski definition) is 1. The van der Waals surface area contributed by atoms with Gasteiger partial charge in [0.2, 0.25) is 0 Å². The molecule has 1 saturated heterocycles. The van der Waals surface area contributed by atoms with Crippen LogP contribution in [0.5, 0.6) is 0 Å². The van der Waals surface area contributed by atoms with Crippen LogP contribution >= 0.6 is 0 Å². The first-order valence-corrected chi connectivity index (χ1v) is 6.75. The van der Waals surface area contributed by atoms with E-state index in [1.165, 1.54) is 25.9 Å². The molecule has 4 nitrogen and oxygen atoms in total. The molecule has 1 unspecified atom stereocenters. The van der Waals surface area contributed by atoms with Gasteiger partial charge in [-0.1, -0.05) is 0 Å². The van der Waals surface area contributed by atoms with Crippen molar-refractivity contribution in [1.82, 2.24) is 15.1 Å². The second-order valence-corrected chi connectivity index (χ2v) is 5.25. The number of likely N-dealkylation sites (tertiary alicyclic amines) is 1. The zero-order valence-corrected chi connectivity index (χ0v) is 11.9. The average Bonchev–Trinajstić information content (AvgIpc) is 2.34. The van der Waals surface area contributed by atoms with Crippen LogP contribution in [0.15, 0.2) is 0 Å². The van der Waals surface area contributed by atoms with Crippen LogP contribution in [0.3, 0.4) is 0 Å².